The maximum Gasteiger partial charge on any atom is 0.225 e. The van der Waals surface area contributed by atoms with Crippen molar-refractivity contribution in [2.75, 3.05) is 12.3 Å². The van der Waals surface area contributed by atoms with Gasteiger partial charge in [0.2, 0.25) is 5.51 Å². The van der Waals surface area contributed by atoms with Crippen molar-refractivity contribution < 1.29 is 9.67 Å². The fraction of sp³-hybridized carbons (Fsp3) is 0.385. The number of aromatic nitrogens is 3. The summed E-state index contributed by atoms with van der Waals surface area (Å²) in [6.45, 7) is 4.71. The molecule has 0 fully saturated rings. The van der Waals surface area contributed by atoms with Gasteiger partial charge in [-0.1, -0.05) is 16.7 Å². The van der Waals surface area contributed by atoms with E-state index in [1.807, 2.05) is 19.4 Å². The van der Waals surface area contributed by atoms with Crippen LogP contribution in [0.5, 0.6) is 0 Å². The quantitative estimate of drug-likeness (QED) is 0.486. The van der Waals surface area contributed by atoms with Gasteiger partial charge in [-0.05, 0) is 6.92 Å². The Kier molecular flexibility index (Phi) is 6.94. The number of anilines is 1. The first-order valence-electron chi connectivity index (χ1n) is 6.20. The number of aryl methyl sites for hydroxylation is 1. The van der Waals surface area contributed by atoms with E-state index in [9.17, 15) is 0 Å². The molecule has 2 heterocycles. The van der Waals surface area contributed by atoms with Crippen molar-refractivity contribution >= 4 is 29.8 Å². The van der Waals surface area contributed by atoms with Crippen LogP contribution >= 0.6 is 11.3 Å². The van der Waals surface area contributed by atoms with Gasteiger partial charge in [-0.15, -0.1) is 0 Å². The number of aliphatic hydroxyl groups excluding tert-OH is 1. The summed E-state index contributed by atoms with van der Waals surface area (Å²) in [5.74, 6) is 1.22. The summed E-state index contributed by atoms with van der Waals surface area (Å²) in [4.78, 5) is 9.53. The van der Waals surface area contributed by atoms with Crippen LogP contribution in [0.3, 0.4) is 0 Å². The Labute approximate surface area is 133 Å². The molecule has 2 aromatic rings. The minimum Gasteiger partial charge on any atom is -0.696 e. The number of hydrogen-bond donors (Lipinski definition) is 2. The van der Waals surface area contributed by atoms with Gasteiger partial charge < -0.3 is 23.5 Å². The summed E-state index contributed by atoms with van der Waals surface area (Å²) in [5.41, 5.74) is 10.0. The van der Waals surface area contributed by atoms with E-state index in [-0.39, 0.29) is 6.61 Å². The lowest BCUT2D eigenvalue weighted by atomic mass is 10.2. The summed E-state index contributed by atoms with van der Waals surface area (Å²) in [6.07, 6.45) is 2.47. The molecule has 0 aliphatic carbocycles. The smallest absolute Gasteiger partial charge is 0.225 e. The van der Waals surface area contributed by atoms with Crippen molar-refractivity contribution in [2.45, 2.75) is 26.8 Å². The second kappa shape index (κ2) is 8.46. The molecule has 0 spiro atoms. The number of rotatable bonds is 4. The summed E-state index contributed by atoms with van der Waals surface area (Å²) < 4.78 is 2.11. The van der Waals surface area contributed by atoms with Crippen LogP contribution in [0.15, 0.2) is 11.7 Å². The second-order valence-corrected chi connectivity index (χ2v) is 5.37. The van der Waals surface area contributed by atoms with Crippen LogP contribution in [0.2, 0.25) is 0 Å². The van der Waals surface area contributed by atoms with Gasteiger partial charge in [0.05, 0.1) is 10.4 Å². The van der Waals surface area contributed by atoms with E-state index < -0.39 is 0 Å². The molecule has 2 rings (SSSR count). The second-order valence-electron chi connectivity index (χ2n) is 4.25. The van der Waals surface area contributed by atoms with Crippen LogP contribution in [-0.4, -0.2) is 21.7 Å². The number of hydrogen-bond acceptors (Lipinski definition) is 7. The van der Waals surface area contributed by atoms with Crippen molar-refractivity contribution in [3.8, 4) is 5.40 Å². The molecule has 0 saturated heterocycles. The fourth-order valence-corrected chi connectivity index (χ4v) is 2.75. The third kappa shape index (κ3) is 4.90. The number of nitrogens with two attached hydrogens (primary N) is 1. The van der Waals surface area contributed by atoms with E-state index in [1.165, 1.54) is 10.3 Å². The fourth-order valence-electron chi connectivity index (χ4n) is 1.77. The lowest BCUT2D eigenvalue weighted by molar-refractivity contribution is -0.689. The SMILES string of the molecule is Cc1ncc(C[n+]2csc(CCO)c2C)c(N)n1.N#C[S-]. The number of aliphatic hydroxyl groups is 1. The van der Waals surface area contributed by atoms with Crippen LogP contribution in [0.4, 0.5) is 5.82 Å². The van der Waals surface area contributed by atoms with Crippen molar-refractivity contribution in [2.24, 2.45) is 0 Å². The molecule has 0 amide bonds. The van der Waals surface area contributed by atoms with Crippen molar-refractivity contribution in [1.29, 1.82) is 5.26 Å². The van der Waals surface area contributed by atoms with Gasteiger partial charge in [0.15, 0.2) is 12.2 Å². The minimum absolute atomic E-state index is 0.178. The van der Waals surface area contributed by atoms with E-state index >= 15 is 0 Å². The minimum atomic E-state index is 0.178. The molecule has 0 atom stereocenters. The molecule has 0 aromatic carbocycles. The summed E-state index contributed by atoms with van der Waals surface area (Å²) >= 11 is 5.35. The summed E-state index contributed by atoms with van der Waals surface area (Å²) in [5, 5.41) is 17.4. The summed E-state index contributed by atoms with van der Waals surface area (Å²) in [7, 11) is 0. The first-order valence-corrected chi connectivity index (χ1v) is 7.48. The van der Waals surface area contributed by atoms with Gasteiger partial charge in [0.25, 0.3) is 0 Å². The Morgan fingerprint density at radius 1 is 1.52 bits per heavy atom. The van der Waals surface area contributed by atoms with Gasteiger partial charge in [-0.2, -0.15) is 4.57 Å². The first-order chi connectivity index (χ1) is 10.0. The Hall–Kier alpha value is -1.82. The van der Waals surface area contributed by atoms with Gasteiger partial charge in [-0.25, -0.2) is 15.2 Å². The molecular formula is C13H17N5OS2. The molecule has 3 N–H and O–H groups in total. The molecule has 6 nitrogen and oxygen atoms in total. The average molecular weight is 323 g/mol. The van der Waals surface area contributed by atoms with Crippen molar-refractivity contribution in [1.82, 2.24) is 9.97 Å². The highest BCUT2D eigenvalue weighted by molar-refractivity contribution is 7.64. The van der Waals surface area contributed by atoms with Crippen molar-refractivity contribution in [3.63, 3.8) is 0 Å². The van der Waals surface area contributed by atoms with E-state index in [0.29, 0.717) is 24.6 Å². The Morgan fingerprint density at radius 3 is 2.76 bits per heavy atom. The predicted octanol–water partition coefficient (Wildman–Crippen LogP) is 0.622. The summed E-state index contributed by atoms with van der Waals surface area (Å²) in [6, 6.07) is 0. The van der Waals surface area contributed by atoms with Gasteiger partial charge >= 0.3 is 0 Å². The highest BCUT2D eigenvalue weighted by Crippen LogP contribution is 2.13. The van der Waals surface area contributed by atoms with Crippen LogP contribution in [0.1, 0.15) is 22.0 Å². The molecular weight excluding hydrogens is 306 g/mol. The molecule has 0 saturated carbocycles. The zero-order chi connectivity index (χ0) is 15.8. The number of nitrogen functional groups attached to an aromatic ring is 1. The van der Waals surface area contributed by atoms with E-state index in [1.54, 1.807) is 17.5 Å². The highest BCUT2D eigenvalue weighted by Gasteiger charge is 2.16. The molecule has 0 radical (unpaired) electrons. The lowest BCUT2D eigenvalue weighted by Gasteiger charge is -2.01. The largest absolute Gasteiger partial charge is 0.696 e. The number of thiocyanates is 1. The monoisotopic (exact) mass is 323 g/mol. The zero-order valence-electron chi connectivity index (χ0n) is 11.9. The Balaban J connectivity index is 0.000000677. The maximum atomic E-state index is 8.98. The molecule has 0 aliphatic rings. The number of thiazole rings is 1. The topological polar surface area (TPSA) is 99.7 Å². The molecule has 21 heavy (non-hydrogen) atoms. The molecule has 2 aromatic heterocycles. The van der Waals surface area contributed by atoms with Gasteiger partial charge in [-0.3, -0.25) is 0 Å². The molecule has 112 valence electrons. The van der Waals surface area contributed by atoms with E-state index in [4.69, 9.17) is 16.1 Å². The normalized spacial score (nSPS) is 9.62. The number of nitriles is 1. The first kappa shape index (κ1) is 17.2. The van der Waals surface area contributed by atoms with E-state index in [2.05, 4.69) is 27.2 Å². The zero-order valence-corrected chi connectivity index (χ0v) is 13.5. The molecule has 0 bridgehead atoms. The maximum absolute atomic E-state index is 8.98. The van der Waals surface area contributed by atoms with Crippen molar-refractivity contribution in [3.05, 3.63) is 33.7 Å². The van der Waals surface area contributed by atoms with Gasteiger partial charge in [0, 0.05) is 26.1 Å². The molecule has 0 aliphatic heterocycles. The average Bonchev–Trinajstić information content (AvgIpc) is 2.76. The third-order valence-corrected chi connectivity index (χ3v) is 4.00. The lowest BCUT2D eigenvalue weighted by Crippen LogP contribution is -2.35. The standard InChI is InChI=1S/C12H17N4OS.CHNS/c1-8-11(3-4-17)18-7-16(8)6-10-5-14-9(2)15-12(10)13;2-1-3/h5,7,17H,3-4,6H2,1-2H3,(H2,13,14,15);3H/q+1;/p-1. The van der Waals surface area contributed by atoms with E-state index in [0.717, 1.165) is 11.3 Å². The predicted molar refractivity (Wildman–Crippen MR) is 83.3 cm³/mol. The Bertz CT molecular complexity index is 636. The molecule has 0 unspecified atom stereocenters. The third-order valence-electron chi connectivity index (χ3n) is 2.85. The van der Waals surface area contributed by atoms with Crippen LogP contribution in [0.25, 0.3) is 0 Å². The number of nitrogens with zero attached hydrogens (tertiary/aromatic N) is 4. The Morgan fingerprint density at radius 2 is 2.19 bits per heavy atom. The van der Waals surface area contributed by atoms with Gasteiger partial charge in [0.1, 0.15) is 11.6 Å². The van der Waals surface area contributed by atoms with Crippen LogP contribution in [-0.2, 0) is 25.6 Å². The van der Waals surface area contributed by atoms with Crippen LogP contribution in [0, 0.1) is 24.5 Å². The van der Waals surface area contributed by atoms with Crippen LogP contribution < -0.4 is 10.3 Å². The highest BCUT2D eigenvalue weighted by atomic mass is 32.1. The molecule has 8 heteroatoms.